The predicted molar refractivity (Wildman–Crippen MR) is 71.9 cm³/mol. The molecule has 19 heavy (non-hydrogen) atoms. The molecule has 0 saturated heterocycles. The summed E-state index contributed by atoms with van der Waals surface area (Å²) in [6.07, 6.45) is 5.35. The zero-order chi connectivity index (χ0) is 14.1. The fraction of sp³-hybridized carbons (Fsp3) is 0.857. The normalized spacial score (nSPS) is 21.4. The van der Waals surface area contributed by atoms with Crippen molar-refractivity contribution in [1.82, 2.24) is 10.6 Å². The third-order valence-electron chi connectivity index (χ3n) is 4.60. The highest BCUT2D eigenvalue weighted by atomic mass is 16.4. The van der Waals surface area contributed by atoms with Crippen molar-refractivity contribution in [3.05, 3.63) is 0 Å². The lowest BCUT2D eigenvalue weighted by molar-refractivity contribution is -0.141. The quantitative estimate of drug-likeness (QED) is 0.690. The van der Waals surface area contributed by atoms with E-state index in [0.717, 1.165) is 19.3 Å². The van der Waals surface area contributed by atoms with Crippen LogP contribution in [-0.2, 0) is 4.79 Å². The maximum absolute atomic E-state index is 11.9. The van der Waals surface area contributed by atoms with Crippen molar-refractivity contribution in [2.24, 2.45) is 11.3 Å². The van der Waals surface area contributed by atoms with Gasteiger partial charge in [-0.15, -0.1) is 0 Å². The Balaban J connectivity index is 1.77. The standard InChI is InChI=1S/C14H24N2O3/c1-13(2,10-4-5-10)16-12(19)15-9-14(6-3-7-14)8-11(17)18/h10H,3-9H2,1-2H3,(H,17,18)(H2,15,16,19). The fourth-order valence-electron chi connectivity index (χ4n) is 2.93. The van der Waals surface area contributed by atoms with E-state index in [4.69, 9.17) is 5.11 Å². The van der Waals surface area contributed by atoms with Crippen molar-refractivity contribution in [3.8, 4) is 0 Å². The van der Waals surface area contributed by atoms with E-state index in [1.54, 1.807) is 0 Å². The van der Waals surface area contributed by atoms with Gasteiger partial charge in [-0.2, -0.15) is 0 Å². The van der Waals surface area contributed by atoms with Gasteiger partial charge < -0.3 is 15.7 Å². The van der Waals surface area contributed by atoms with Crippen molar-refractivity contribution in [1.29, 1.82) is 0 Å². The zero-order valence-electron chi connectivity index (χ0n) is 11.8. The Labute approximate surface area is 114 Å². The average molecular weight is 268 g/mol. The van der Waals surface area contributed by atoms with Gasteiger partial charge in [-0.3, -0.25) is 4.79 Å². The van der Waals surface area contributed by atoms with Gasteiger partial charge in [0.05, 0.1) is 6.42 Å². The molecule has 0 heterocycles. The maximum atomic E-state index is 11.9. The maximum Gasteiger partial charge on any atom is 0.315 e. The molecule has 0 aromatic carbocycles. The smallest absolute Gasteiger partial charge is 0.315 e. The first-order chi connectivity index (χ1) is 8.83. The first-order valence-corrected chi connectivity index (χ1v) is 7.11. The minimum absolute atomic E-state index is 0.152. The number of urea groups is 1. The van der Waals surface area contributed by atoms with E-state index in [2.05, 4.69) is 10.6 Å². The van der Waals surface area contributed by atoms with Crippen LogP contribution in [0, 0.1) is 11.3 Å². The highest BCUT2D eigenvalue weighted by molar-refractivity contribution is 5.75. The number of rotatable bonds is 6. The zero-order valence-corrected chi connectivity index (χ0v) is 11.8. The van der Waals surface area contributed by atoms with Crippen LogP contribution < -0.4 is 10.6 Å². The van der Waals surface area contributed by atoms with Crippen LogP contribution in [0.15, 0.2) is 0 Å². The van der Waals surface area contributed by atoms with Gasteiger partial charge in [0.25, 0.3) is 0 Å². The first kappa shape index (κ1) is 14.2. The van der Waals surface area contributed by atoms with E-state index in [-0.39, 0.29) is 23.4 Å². The molecule has 2 rings (SSSR count). The molecule has 0 aromatic rings. The van der Waals surface area contributed by atoms with E-state index in [0.29, 0.717) is 12.5 Å². The number of hydrogen-bond acceptors (Lipinski definition) is 2. The van der Waals surface area contributed by atoms with Gasteiger partial charge >= 0.3 is 12.0 Å². The molecule has 3 N–H and O–H groups in total. The second-order valence-electron chi connectivity index (χ2n) is 6.73. The average Bonchev–Trinajstić information content (AvgIpc) is 3.04. The molecular formula is C14H24N2O3. The van der Waals surface area contributed by atoms with Crippen molar-refractivity contribution < 1.29 is 14.7 Å². The fourth-order valence-corrected chi connectivity index (χ4v) is 2.93. The third kappa shape index (κ3) is 3.61. The first-order valence-electron chi connectivity index (χ1n) is 7.11. The summed E-state index contributed by atoms with van der Waals surface area (Å²) in [7, 11) is 0. The number of aliphatic carboxylic acids is 1. The Morgan fingerprint density at radius 3 is 2.37 bits per heavy atom. The van der Waals surface area contributed by atoms with Crippen LogP contribution in [0.2, 0.25) is 0 Å². The molecule has 0 atom stereocenters. The molecule has 5 nitrogen and oxygen atoms in total. The van der Waals surface area contributed by atoms with Crippen LogP contribution in [0.1, 0.15) is 52.4 Å². The number of carboxylic acids is 1. The van der Waals surface area contributed by atoms with Crippen molar-refractivity contribution in [2.45, 2.75) is 57.9 Å². The van der Waals surface area contributed by atoms with Crippen molar-refractivity contribution >= 4 is 12.0 Å². The van der Waals surface area contributed by atoms with Gasteiger partial charge in [0.15, 0.2) is 0 Å². The molecule has 108 valence electrons. The van der Waals surface area contributed by atoms with E-state index >= 15 is 0 Å². The summed E-state index contributed by atoms with van der Waals surface area (Å²) >= 11 is 0. The number of carbonyl (C=O) groups is 2. The molecule has 0 spiro atoms. The molecule has 2 saturated carbocycles. The Morgan fingerprint density at radius 2 is 1.95 bits per heavy atom. The molecule has 2 aliphatic rings. The van der Waals surface area contributed by atoms with Gasteiger partial charge in [-0.05, 0) is 50.9 Å². The molecule has 2 fully saturated rings. The predicted octanol–water partition coefficient (Wildman–Crippen LogP) is 2.12. The molecule has 0 aromatic heterocycles. The van der Waals surface area contributed by atoms with Crippen LogP contribution >= 0.6 is 0 Å². The SMILES string of the molecule is CC(C)(NC(=O)NCC1(CC(=O)O)CCC1)C1CC1. The number of carbonyl (C=O) groups excluding carboxylic acids is 1. The summed E-state index contributed by atoms with van der Waals surface area (Å²) < 4.78 is 0. The Hall–Kier alpha value is -1.26. The van der Waals surface area contributed by atoms with Crippen LogP contribution in [0.25, 0.3) is 0 Å². The molecule has 2 aliphatic carbocycles. The highest BCUT2D eigenvalue weighted by Crippen LogP contribution is 2.43. The van der Waals surface area contributed by atoms with E-state index in [1.807, 2.05) is 13.8 Å². The molecule has 0 aliphatic heterocycles. The van der Waals surface area contributed by atoms with E-state index in [9.17, 15) is 9.59 Å². The van der Waals surface area contributed by atoms with Gasteiger partial charge in [0.1, 0.15) is 0 Å². The van der Waals surface area contributed by atoms with E-state index in [1.165, 1.54) is 12.8 Å². The molecular weight excluding hydrogens is 244 g/mol. The molecule has 5 heteroatoms. The second kappa shape index (κ2) is 5.02. The van der Waals surface area contributed by atoms with Crippen LogP contribution in [-0.4, -0.2) is 29.2 Å². The minimum atomic E-state index is -0.778. The van der Waals surface area contributed by atoms with Crippen LogP contribution in [0.3, 0.4) is 0 Å². The summed E-state index contributed by atoms with van der Waals surface area (Å²) in [5.74, 6) is -0.199. The number of amides is 2. The van der Waals surface area contributed by atoms with Crippen LogP contribution in [0.4, 0.5) is 4.79 Å². The Morgan fingerprint density at radius 1 is 1.32 bits per heavy atom. The topological polar surface area (TPSA) is 78.4 Å². The molecule has 0 unspecified atom stereocenters. The van der Waals surface area contributed by atoms with Gasteiger partial charge in [-0.1, -0.05) is 6.42 Å². The van der Waals surface area contributed by atoms with Crippen LogP contribution in [0.5, 0.6) is 0 Å². The van der Waals surface area contributed by atoms with Crippen molar-refractivity contribution in [3.63, 3.8) is 0 Å². The van der Waals surface area contributed by atoms with Gasteiger partial charge in [-0.25, -0.2) is 4.79 Å². The molecule has 2 amide bonds. The summed E-state index contributed by atoms with van der Waals surface area (Å²) in [5, 5.41) is 14.8. The summed E-state index contributed by atoms with van der Waals surface area (Å²) in [6, 6.07) is -0.173. The van der Waals surface area contributed by atoms with E-state index < -0.39 is 5.97 Å². The Kier molecular flexibility index (Phi) is 3.74. The summed E-state index contributed by atoms with van der Waals surface area (Å²) in [5.41, 5.74) is -0.378. The second-order valence-corrected chi connectivity index (χ2v) is 6.73. The van der Waals surface area contributed by atoms with Gasteiger partial charge in [0, 0.05) is 12.1 Å². The summed E-state index contributed by atoms with van der Waals surface area (Å²) in [4.78, 5) is 22.7. The highest BCUT2D eigenvalue weighted by Gasteiger charge is 2.41. The monoisotopic (exact) mass is 268 g/mol. The minimum Gasteiger partial charge on any atom is -0.481 e. The molecule has 0 radical (unpaired) electrons. The largest absolute Gasteiger partial charge is 0.481 e. The van der Waals surface area contributed by atoms with Gasteiger partial charge in [0.2, 0.25) is 0 Å². The third-order valence-corrected chi connectivity index (χ3v) is 4.60. The molecule has 0 bridgehead atoms. The lowest BCUT2D eigenvalue weighted by Crippen LogP contribution is -2.52. The number of carboxylic acid groups (broad SMARTS) is 1. The lowest BCUT2D eigenvalue weighted by Gasteiger charge is -2.41. The number of nitrogens with one attached hydrogen (secondary N) is 2. The summed E-state index contributed by atoms with van der Waals surface area (Å²) in [6.45, 7) is 4.55. The Bertz CT molecular complexity index is 371. The van der Waals surface area contributed by atoms with Crippen molar-refractivity contribution in [2.75, 3.05) is 6.54 Å². The number of hydrogen-bond donors (Lipinski definition) is 3. The lowest BCUT2D eigenvalue weighted by atomic mass is 9.66.